The number of ether oxygens (including phenoxy) is 1. The summed E-state index contributed by atoms with van der Waals surface area (Å²) in [5.41, 5.74) is -4.42. The first kappa shape index (κ1) is 30.6. The molecule has 3 heterocycles. The number of ketones is 3. The minimum Gasteiger partial charge on any atom is -0.383 e. The molecule has 2 aromatic heterocycles. The Kier molecular flexibility index (Phi) is 7.45. The Balaban J connectivity index is 1.69. The Morgan fingerprint density at radius 2 is 1.35 bits per heavy atom. The molecule has 0 aliphatic carbocycles. The molecular formula is C34H28N4O8. The van der Waals surface area contributed by atoms with Gasteiger partial charge in [-0.1, -0.05) is 91.0 Å². The number of hydrogen-bond acceptors (Lipinski definition) is 11. The lowest BCUT2D eigenvalue weighted by Gasteiger charge is -2.44. The lowest BCUT2D eigenvalue weighted by Crippen LogP contribution is -2.73. The number of nitrogen functional groups attached to an aromatic ring is 1. The third-order valence-corrected chi connectivity index (χ3v) is 8.55. The van der Waals surface area contributed by atoms with Gasteiger partial charge in [0.1, 0.15) is 29.2 Å². The number of aromatic nitrogens is 3. The molecule has 232 valence electrons. The van der Waals surface area contributed by atoms with Crippen molar-refractivity contribution in [3.8, 4) is 0 Å². The van der Waals surface area contributed by atoms with Crippen LogP contribution in [-0.2, 0) is 4.74 Å². The Labute approximate surface area is 261 Å². The van der Waals surface area contributed by atoms with Gasteiger partial charge in [-0.2, -0.15) is 0 Å². The number of aliphatic hydroxyl groups is 3. The van der Waals surface area contributed by atoms with Crippen LogP contribution in [-0.4, -0.2) is 70.1 Å². The second-order valence-electron chi connectivity index (χ2n) is 11.1. The summed E-state index contributed by atoms with van der Waals surface area (Å²) in [5.74, 6) is -3.59. The van der Waals surface area contributed by atoms with Crippen LogP contribution >= 0.6 is 0 Å². The average Bonchev–Trinajstić information content (AvgIpc) is 3.28. The number of carbonyl (C=O) groups is 3. The maximum Gasteiger partial charge on any atom is 0.212 e. The summed E-state index contributed by atoms with van der Waals surface area (Å²) in [5, 5.41) is 37.3. The maximum atomic E-state index is 14.6. The van der Waals surface area contributed by atoms with E-state index in [1.165, 1.54) is 60.7 Å². The minimum atomic E-state index is -3.35. The van der Waals surface area contributed by atoms with Crippen molar-refractivity contribution in [2.24, 2.45) is 0 Å². The fourth-order valence-corrected chi connectivity index (χ4v) is 6.09. The zero-order valence-electron chi connectivity index (χ0n) is 24.3. The number of pyridine rings is 1. The maximum absolute atomic E-state index is 14.6. The first-order valence-electron chi connectivity index (χ1n) is 14.2. The molecule has 12 heteroatoms. The summed E-state index contributed by atoms with van der Waals surface area (Å²) in [7, 11) is 0. The van der Waals surface area contributed by atoms with Gasteiger partial charge in [0.25, 0.3) is 0 Å². The van der Waals surface area contributed by atoms with Crippen molar-refractivity contribution in [2.45, 2.75) is 36.1 Å². The summed E-state index contributed by atoms with van der Waals surface area (Å²) >= 11 is 0. The number of carbonyl (C=O) groups excluding carboxylic acids is 3. The molecule has 1 fully saturated rings. The van der Waals surface area contributed by atoms with E-state index < -0.39 is 51.9 Å². The van der Waals surface area contributed by atoms with Gasteiger partial charge in [0, 0.05) is 29.0 Å². The normalized spacial score (nSPS) is 24.8. The van der Waals surface area contributed by atoms with Crippen molar-refractivity contribution in [3.63, 3.8) is 0 Å². The van der Waals surface area contributed by atoms with Crippen LogP contribution in [0, 0.1) is 0 Å². The molecule has 1 unspecified atom stereocenters. The number of hydrogen-bond donors (Lipinski definition) is 4. The first-order valence-corrected chi connectivity index (χ1v) is 14.2. The van der Waals surface area contributed by atoms with Gasteiger partial charge in [0.15, 0.2) is 28.7 Å². The molecular weight excluding hydrogens is 592 g/mol. The van der Waals surface area contributed by atoms with Crippen molar-refractivity contribution >= 4 is 34.2 Å². The highest BCUT2D eigenvalue weighted by atomic mass is 16.6. The standard InChI is InChI=1S/C34H28N4O8/c1-32(28(43)25(40)20-11-5-2-6-12-20)34(45,27(42)22-15-9-4-10-16-22)33(44,26(41)21-13-7-3-8-14-21)31(46-32)38-18-17-23(39)24-29(35)36-19-37-30(24)38/h2-19,28,31,43-45H,1H3,(H2,35,36,37)/t28?,31-,32-,33+,34-/m1/s1. The van der Waals surface area contributed by atoms with Crippen molar-refractivity contribution < 1.29 is 34.4 Å². The van der Waals surface area contributed by atoms with Gasteiger partial charge in [-0.25, -0.2) is 9.97 Å². The van der Waals surface area contributed by atoms with Crippen LogP contribution in [0.4, 0.5) is 5.82 Å². The Morgan fingerprint density at radius 3 is 1.91 bits per heavy atom. The zero-order chi connectivity index (χ0) is 32.9. The van der Waals surface area contributed by atoms with E-state index in [1.54, 1.807) is 30.3 Å². The quantitative estimate of drug-likeness (QED) is 0.186. The molecule has 46 heavy (non-hydrogen) atoms. The summed E-state index contributed by atoms with van der Waals surface area (Å²) in [6.07, 6.45) is -2.22. The predicted molar refractivity (Wildman–Crippen MR) is 165 cm³/mol. The number of anilines is 1. The number of nitrogens with two attached hydrogens (primary N) is 1. The van der Waals surface area contributed by atoms with E-state index in [0.717, 1.165) is 30.1 Å². The number of benzene rings is 3. The fraction of sp³-hybridized carbons (Fsp3) is 0.176. The van der Waals surface area contributed by atoms with Crippen molar-refractivity contribution in [2.75, 3.05) is 5.73 Å². The van der Waals surface area contributed by atoms with E-state index in [9.17, 15) is 34.5 Å². The first-order chi connectivity index (χ1) is 22.0. The molecule has 0 saturated carbocycles. The monoisotopic (exact) mass is 620 g/mol. The molecule has 5 N–H and O–H groups in total. The molecule has 6 rings (SSSR count). The highest BCUT2D eigenvalue weighted by Crippen LogP contribution is 2.56. The molecule has 1 aliphatic rings. The van der Waals surface area contributed by atoms with E-state index in [1.807, 2.05) is 0 Å². The van der Waals surface area contributed by atoms with E-state index in [4.69, 9.17) is 10.5 Å². The summed E-state index contributed by atoms with van der Waals surface area (Å²) in [4.78, 5) is 63.8. The lowest BCUT2D eigenvalue weighted by atomic mass is 9.64. The van der Waals surface area contributed by atoms with Crippen molar-refractivity contribution in [3.05, 3.63) is 136 Å². The molecule has 0 radical (unpaired) electrons. The van der Waals surface area contributed by atoms with Crippen LogP contribution in [0.25, 0.3) is 11.0 Å². The number of Topliss-reactive ketones (excluding diaryl/α,β-unsaturated/α-hetero) is 3. The lowest BCUT2D eigenvalue weighted by molar-refractivity contribution is -0.161. The van der Waals surface area contributed by atoms with E-state index >= 15 is 0 Å². The summed E-state index contributed by atoms with van der Waals surface area (Å²) < 4.78 is 7.34. The number of nitrogens with zero attached hydrogens (tertiary/aromatic N) is 3. The van der Waals surface area contributed by atoms with Crippen LogP contribution < -0.4 is 11.2 Å². The van der Waals surface area contributed by atoms with Gasteiger partial charge in [0.2, 0.25) is 17.2 Å². The highest BCUT2D eigenvalue weighted by molar-refractivity contribution is 6.14. The zero-order valence-corrected chi connectivity index (χ0v) is 24.3. The third kappa shape index (κ3) is 4.30. The number of fused-ring (bicyclic) bond motifs is 1. The minimum absolute atomic E-state index is 0.00466. The molecule has 5 aromatic rings. The van der Waals surface area contributed by atoms with Gasteiger partial charge in [-0.15, -0.1) is 0 Å². The van der Waals surface area contributed by atoms with Crippen molar-refractivity contribution in [1.29, 1.82) is 0 Å². The molecule has 0 spiro atoms. The fourth-order valence-electron chi connectivity index (χ4n) is 6.09. The SMILES string of the molecule is C[C@]1(C(O)C(=O)c2ccccc2)O[C@@H](n2ccc(=O)c3c(N)ncnc32)[C@@](O)(C(=O)c2ccccc2)[C@@]1(O)C(=O)c1ccccc1. The number of aliphatic hydroxyl groups excluding tert-OH is 1. The summed E-state index contributed by atoms with van der Waals surface area (Å²) in [6.45, 7) is 1.07. The van der Waals surface area contributed by atoms with E-state index in [2.05, 4.69) is 9.97 Å². The Bertz CT molecular complexity index is 2040. The smallest absolute Gasteiger partial charge is 0.212 e. The molecule has 0 amide bonds. The molecule has 1 saturated heterocycles. The molecule has 3 aromatic carbocycles. The number of rotatable bonds is 8. The molecule has 5 atom stereocenters. The Morgan fingerprint density at radius 1 is 0.826 bits per heavy atom. The summed E-state index contributed by atoms with van der Waals surface area (Å²) in [6, 6.07) is 23.3. The second-order valence-corrected chi connectivity index (χ2v) is 11.1. The van der Waals surface area contributed by atoms with Crippen LogP contribution in [0.5, 0.6) is 0 Å². The average molecular weight is 621 g/mol. The van der Waals surface area contributed by atoms with Crippen LogP contribution in [0.1, 0.15) is 44.2 Å². The van der Waals surface area contributed by atoms with Gasteiger partial charge < -0.3 is 30.4 Å². The van der Waals surface area contributed by atoms with E-state index in [0.29, 0.717) is 0 Å². The van der Waals surface area contributed by atoms with Crippen LogP contribution in [0.3, 0.4) is 0 Å². The topological polar surface area (TPSA) is 195 Å². The third-order valence-electron chi connectivity index (χ3n) is 8.55. The second kappa shape index (κ2) is 11.2. The molecule has 12 nitrogen and oxygen atoms in total. The van der Waals surface area contributed by atoms with Crippen LogP contribution in [0.15, 0.2) is 114 Å². The predicted octanol–water partition coefficient (Wildman–Crippen LogP) is 2.13. The van der Waals surface area contributed by atoms with Crippen LogP contribution in [0.2, 0.25) is 0 Å². The largest absolute Gasteiger partial charge is 0.383 e. The van der Waals surface area contributed by atoms with Crippen molar-refractivity contribution in [1.82, 2.24) is 14.5 Å². The van der Waals surface area contributed by atoms with Gasteiger partial charge >= 0.3 is 0 Å². The molecule has 1 aliphatic heterocycles. The highest BCUT2D eigenvalue weighted by Gasteiger charge is 2.80. The van der Waals surface area contributed by atoms with E-state index in [-0.39, 0.29) is 33.5 Å². The van der Waals surface area contributed by atoms with Gasteiger partial charge in [-0.05, 0) is 6.92 Å². The Hall–Kier alpha value is -5.40. The van der Waals surface area contributed by atoms with Gasteiger partial charge in [-0.3, -0.25) is 19.2 Å². The molecule has 0 bridgehead atoms. The van der Waals surface area contributed by atoms with Gasteiger partial charge in [0.05, 0.1) is 0 Å².